The zero-order chi connectivity index (χ0) is 13.9. The van der Waals surface area contributed by atoms with Crippen molar-refractivity contribution in [2.45, 2.75) is 38.6 Å². The SMILES string of the molecule is CCN1CCCCC1Cc1ncc2c(C=O)cccn12. The van der Waals surface area contributed by atoms with Crippen molar-refractivity contribution in [3.63, 3.8) is 0 Å². The smallest absolute Gasteiger partial charge is 0.152 e. The van der Waals surface area contributed by atoms with E-state index in [1.165, 1.54) is 25.8 Å². The van der Waals surface area contributed by atoms with E-state index in [9.17, 15) is 4.79 Å². The van der Waals surface area contributed by atoms with Crippen molar-refractivity contribution in [3.8, 4) is 0 Å². The molecule has 3 heterocycles. The average Bonchev–Trinajstić information content (AvgIpc) is 2.91. The highest BCUT2D eigenvalue weighted by Crippen LogP contribution is 2.21. The largest absolute Gasteiger partial charge is 0.303 e. The van der Waals surface area contributed by atoms with E-state index >= 15 is 0 Å². The van der Waals surface area contributed by atoms with Crippen molar-refractivity contribution in [2.24, 2.45) is 0 Å². The van der Waals surface area contributed by atoms with Gasteiger partial charge in [0, 0.05) is 24.2 Å². The maximum Gasteiger partial charge on any atom is 0.152 e. The van der Waals surface area contributed by atoms with Crippen LogP contribution in [0.2, 0.25) is 0 Å². The van der Waals surface area contributed by atoms with Crippen LogP contribution in [0, 0.1) is 0 Å². The molecule has 1 aliphatic heterocycles. The number of fused-ring (bicyclic) bond motifs is 1. The molecule has 4 heteroatoms. The Kier molecular flexibility index (Phi) is 3.83. The van der Waals surface area contributed by atoms with Gasteiger partial charge in [0.25, 0.3) is 0 Å². The molecule has 2 aromatic heterocycles. The lowest BCUT2D eigenvalue weighted by Crippen LogP contribution is -2.40. The number of carbonyl (C=O) groups excluding carboxylic acids is 1. The standard InChI is InChI=1S/C16H21N3O/c1-2-18-8-4-3-7-14(18)10-16-17-11-15-13(12-20)6-5-9-19(15)16/h5-6,9,11-12,14H,2-4,7-8,10H2,1H3. The van der Waals surface area contributed by atoms with Crippen molar-refractivity contribution in [2.75, 3.05) is 13.1 Å². The maximum atomic E-state index is 11.1. The van der Waals surface area contributed by atoms with Gasteiger partial charge in [0.15, 0.2) is 6.29 Å². The molecular weight excluding hydrogens is 250 g/mol. The molecule has 0 N–H and O–H groups in total. The van der Waals surface area contributed by atoms with Gasteiger partial charge < -0.3 is 9.30 Å². The molecular formula is C16H21N3O. The third-order valence-corrected chi connectivity index (χ3v) is 4.38. The molecule has 0 amide bonds. The molecule has 0 saturated carbocycles. The van der Waals surface area contributed by atoms with Crippen LogP contribution in [0.15, 0.2) is 24.5 Å². The van der Waals surface area contributed by atoms with E-state index in [0.717, 1.165) is 30.6 Å². The van der Waals surface area contributed by atoms with E-state index in [0.29, 0.717) is 11.6 Å². The lowest BCUT2D eigenvalue weighted by atomic mass is 9.99. The number of aromatic nitrogens is 2. The van der Waals surface area contributed by atoms with E-state index in [2.05, 4.69) is 21.2 Å². The Labute approximate surface area is 119 Å². The first kappa shape index (κ1) is 13.3. The number of carbonyl (C=O) groups is 1. The number of likely N-dealkylation sites (N-methyl/N-ethyl adjacent to an activating group) is 1. The Morgan fingerprint density at radius 1 is 1.45 bits per heavy atom. The molecule has 1 unspecified atom stereocenters. The first-order chi connectivity index (χ1) is 9.83. The predicted octanol–water partition coefficient (Wildman–Crippen LogP) is 2.56. The van der Waals surface area contributed by atoms with Crippen LogP contribution in [0.25, 0.3) is 5.52 Å². The number of piperidine rings is 1. The number of pyridine rings is 1. The van der Waals surface area contributed by atoms with Crippen LogP contribution in [0.3, 0.4) is 0 Å². The summed E-state index contributed by atoms with van der Waals surface area (Å²) in [6.07, 6.45) is 9.55. The van der Waals surface area contributed by atoms with Gasteiger partial charge in [-0.25, -0.2) is 4.98 Å². The number of hydrogen-bond acceptors (Lipinski definition) is 3. The number of hydrogen-bond donors (Lipinski definition) is 0. The first-order valence-corrected chi connectivity index (χ1v) is 7.47. The highest BCUT2D eigenvalue weighted by Gasteiger charge is 2.22. The zero-order valence-electron chi connectivity index (χ0n) is 12.0. The second-order valence-electron chi connectivity index (χ2n) is 5.49. The second kappa shape index (κ2) is 5.75. The van der Waals surface area contributed by atoms with Crippen molar-refractivity contribution in [1.82, 2.24) is 14.3 Å². The second-order valence-corrected chi connectivity index (χ2v) is 5.49. The fourth-order valence-electron chi connectivity index (χ4n) is 3.27. The van der Waals surface area contributed by atoms with Crippen molar-refractivity contribution < 1.29 is 4.79 Å². The molecule has 0 aromatic carbocycles. The van der Waals surface area contributed by atoms with Gasteiger partial charge in [0.1, 0.15) is 5.82 Å². The van der Waals surface area contributed by atoms with E-state index in [-0.39, 0.29) is 0 Å². The maximum absolute atomic E-state index is 11.1. The first-order valence-electron chi connectivity index (χ1n) is 7.47. The minimum atomic E-state index is 0.583. The Bertz CT molecular complexity index is 605. The highest BCUT2D eigenvalue weighted by molar-refractivity contribution is 5.85. The van der Waals surface area contributed by atoms with Gasteiger partial charge in [-0.2, -0.15) is 0 Å². The normalized spacial score (nSPS) is 20.4. The minimum absolute atomic E-state index is 0.583. The monoisotopic (exact) mass is 271 g/mol. The molecule has 0 bridgehead atoms. The molecule has 1 fully saturated rings. The fourth-order valence-corrected chi connectivity index (χ4v) is 3.27. The van der Waals surface area contributed by atoms with Crippen LogP contribution < -0.4 is 0 Å². The molecule has 20 heavy (non-hydrogen) atoms. The molecule has 3 rings (SSSR count). The van der Waals surface area contributed by atoms with Crippen molar-refractivity contribution in [1.29, 1.82) is 0 Å². The number of likely N-dealkylation sites (tertiary alicyclic amines) is 1. The summed E-state index contributed by atoms with van der Waals surface area (Å²) < 4.78 is 2.06. The summed E-state index contributed by atoms with van der Waals surface area (Å²) in [6, 6.07) is 4.34. The molecule has 1 aliphatic rings. The zero-order valence-corrected chi connectivity index (χ0v) is 12.0. The van der Waals surface area contributed by atoms with Gasteiger partial charge in [-0.3, -0.25) is 4.79 Å². The van der Waals surface area contributed by atoms with E-state index in [1.54, 1.807) is 0 Å². The quantitative estimate of drug-likeness (QED) is 0.802. The van der Waals surface area contributed by atoms with E-state index in [1.807, 2.05) is 24.5 Å². The van der Waals surface area contributed by atoms with E-state index in [4.69, 9.17) is 0 Å². The Morgan fingerprint density at radius 3 is 3.15 bits per heavy atom. The average molecular weight is 271 g/mol. The van der Waals surface area contributed by atoms with Crippen LogP contribution in [-0.4, -0.2) is 39.7 Å². The van der Waals surface area contributed by atoms with Gasteiger partial charge in [0.2, 0.25) is 0 Å². The van der Waals surface area contributed by atoms with Crippen molar-refractivity contribution >= 4 is 11.8 Å². The van der Waals surface area contributed by atoms with Crippen LogP contribution in [0.4, 0.5) is 0 Å². The number of rotatable bonds is 4. The molecule has 4 nitrogen and oxygen atoms in total. The van der Waals surface area contributed by atoms with Crippen LogP contribution in [0.1, 0.15) is 42.4 Å². The van der Waals surface area contributed by atoms with Gasteiger partial charge in [0.05, 0.1) is 11.7 Å². The van der Waals surface area contributed by atoms with Gasteiger partial charge in [-0.1, -0.05) is 13.3 Å². The fraction of sp³-hybridized carbons (Fsp3) is 0.500. The Morgan fingerprint density at radius 2 is 2.35 bits per heavy atom. The van der Waals surface area contributed by atoms with Crippen LogP contribution >= 0.6 is 0 Å². The lowest BCUT2D eigenvalue weighted by Gasteiger charge is -2.34. The topological polar surface area (TPSA) is 37.6 Å². The van der Waals surface area contributed by atoms with Gasteiger partial charge >= 0.3 is 0 Å². The van der Waals surface area contributed by atoms with Gasteiger partial charge in [-0.15, -0.1) is 0 Å². The number of aldehydes is 1. The number of nitrogens with zero attached hydrogens (tertiary/aromatic N) is 3. The molecule has 0 aliphatic carbocycles. The summed E-state index contributed by atoms with van der Waals surface area (Å²) in [6.45, 7) is 4.53. The lowest BCUT2D eigenvalue weighted by molar-refractivity contribution is 0.112. The highest BCUT2D eigenvalue weighted by atomic mass is 16.1. The molecule has 0 spiro atoms. The minimum Gasteiger partial charge on any atom is -0.303 e. The molecule has 106 valence electrons. The Balaban J connectivity index is 1.89. The molecule has 0 radical (unpaired) electrons. The summed E-state index contributed by atoms with van der Waals surface area (Å²) in [5.74, 6) is 1.06. The third kappa shape index (κ3) is 2.36. The summed E-state index contributed by atoms with van der Waals surface area (Å²) >= 11 is 0. The summed E-state index contributed by atoms with van der Waals surface area (Å²) in [5, 5.41) is 0. The predicted molar refractivity (Wildman–Crippen MR) is 79.2 cm³/mol. The molecule has 2 aromatic rings. The van der Waals surface area contributed by atoms with Gasteiger partial charge in [-0.05, 0) is 38.1 Å². The summed E-state index contributed by atoms with van der Waals surface area (Å²) in [5.41, 5.74) is 1.62. The van der Waals surface area contributed by atoms with Crippen LogP contribution in [-0.2, 0) is 6.42 Å². The summed E-state index contributed by atoms with van der Waals surface area (Å²) in [7, 11) is 0. The third-order valence-electron chi connectivity index (χ3n) is 4.38. The van der Waals surface area contributed by atoms with E-state index < -0.39 is 0 Å². The van der Waals surface area contributed by atoms with Crippen LogP contribution in [0.5, 0.6) is 0 Å². The Hall–Kier alpha value is -1.68. The molecule has 1 saturated heterocycles. The summed E-state index contributed by atoms with van der Waals surface area (Å²) in [4.78, 5) is 18.2. The van der Waals surface area contributed by atoms with Crippen molar-refractivity contribution in [3.05, 3.63) is 35.9 Å². The molecule has 1 atom stereocenters. The number of imidazole rings is 1.